The van der Waals surface area contributed by atoms with E-state index in [1.807, 2.05) is 0 Å². The van der Waals surface area contributed by atoms with Gasteiger partial charge in [-0.25, -0.2) is 0 Å². The smallest absolute Gasteiger partial charge is 0.243 e. The van der Waals surface area contributed by atoms with Crippen molar-refractivity contribution in [2.24, 2.45) is 16.5 Å². The molecule has 1 fully saturated rings. The highest BCUT2D eigenvalue weighted by Crippen LogP contribution is 2.16. The highest BCUT2D eigenvalue weighted by Gasteiger charge is 2.12. The van der Waals surface area contributed by atoms with Gasteiger partial charge in [0.25, 0.3) is 0 Å². The maximum atomic E-state index is 10.4. The van der Waals surface area contributed by atoms with Crippen LogP contribution in [0, 0.1) is 0 Å². The van der Waals surface area contributed by atoms with E-state index < -0.39 is 5.91 Å². The summed E-state index contributed by atoms with van der Waals surface area (Å²) in [5.74, 6) is -0.0122. The molecule has 0 bridgehead atoms. The Labute approximate surface area is 102 Å². The fraction of sp³-hybridized carbons (Fsp3) is 0.818. The number of nitrogens with two attached hydrogens (primary N) is 2. The lowest BCUT2D eigenvalue weighted by atomic mass is 9.96. The van der Waals surface area contributed by atoms with Gasteiger partial charge in [0, 0.05) is 6.04 Å². The van der Waals surface area contributed by atoms with E-state index in [0.717, 1.165) is 12.8 Å². The Bertz CT molecular complexity index is 262. The molecule has 0 heterocycles. The molecule has 1 saturated carbocycles. The van der Waals surface area contributed by atoms with E-state index in [-0.39, 0.29) is 6.61 Å². The number of carbonyl (C=O) groups excluding carboxylic acids is 1. The zero-order valence-corrected chi connectivity index (χ0v) is 10.2. The van der Waals surface area contributed by atoms with Crippen LogP contribution in [-0.4, -0.2) is 37.7 Å². The Morgan fingerprint density at radius 1 is 1.29 bits per heavy atom. The third kappa shape index (κ3) is 6.78. The van der Waals surface area contributed by atoms with Crippen molar-refractivity contribution >= 4 is 11.9 Å². The Morgan fingerprint density at radius 3 is 2.65 bits per heavy atom. The van der Waals surface area contributed by atoms with E-state index in [4.69, 9.17) is 16.2 Å². The predicted molar refractivity (Wildman–Crippen MR) is 66.5 cm³/mol. The number of carbonyl (C=O) groups is 1. The highest BCUT2D eigenvalue weighted by atomic mass is 16.5. The summed E-state index contributed by atoms with van der Waals surface area (Å²) in [5, 5.41) is 3.20. The molecule has 1 aliphatic carbocycles. The Kier molecular flexibility index (Phi) is 6.39. The van der Waals surface area contributed by atoms with Gasteiger partial charge in [-0.3, -0.25) is 9.79 Å². The molecule has 0 atom stereocenters. The van der Waals surface area contributed by atoms with Gasteiger partial charge in [-0.2, -0.15) is 0 Å². The number of amides is 1. The fourth-order valence-corrected chi connectivity index (χ4v) is 1.91. The minimum atomic E-state index is -0.470. The van der Waals surface area contributed by atoms with Crippen LogP contribution in [0.25, 0.3) is 0 Å². The van der Waals surface area contributed by atoms with Gasteiger partial charge >= 0.3 is 0 Å². The number of aliphatic imine (C=N–C) groups is 1. The standard InChI is InChI=1S/C11H22N4O2/c12-10(16)8-17-7-6-14-11(13)15-9-4-2-1-3-5-9/h9H,1-8H2,(H2,12,16)(H3,13,14,15). The Morgan fingerprint density at radius 2 is 2.00 bits per heavy atom. The molecule has 98 valence electrons. The van der Waals surface area contributed by atoms with Crippen LogP contribution in [0.5, 0.6) is 0 Å². The second kappa shape index (κ2) is 7.89. The zero-order valence-electron chi connectivity index (χ0n) is 10.2. The molecule has 0 aliphatic heterocycles. The molecule has 0 spiro atoms. The van der Waals surface area contributed by atoms with Crippen molar-refractivity contribution in [3.05, 3.63) is 0 Å². The fourth-order valence-electron chi connectivity index (χ4n) is 1.91. The molecule has 0 radical (unpaired) electrons. The summed E-state index contributed by atoms with van der Waals surface area (Å²) in [6.07, 6.45) is 6.15. The first-order valence-electron chi connectivity index (χ1n) is 6.11. The SMILES string of the molecule is NC(=O)COCCN=C(N)NC1CCCCC1. The Hall–Kier alpha value is -1.30. The maximum Gasteiger partial charge on any atom is 0.243 e. The van der Waals surface area contributed by atoms with Crippen LogP contribution in [0.1, 0.15) is 32.1 Å². The lowest BCUT2D eigenvalue weighted by Crippen LogP contribution is -2.41. The van der Waals surface area contributed by atoms with Gasteiger partial charge in [0.15, 0.2) is 5.96 Å². The summed E-state index contributed by atoms with van der Waals surface area (Å²) < 4.78 is 4.97. The summed E-state index contributed by atoms with van der Waals surface area (Å²) in [6.45, 7) is 0.736. The van der Waals surface area contributed by atoms with E-state index in [2.05, 4.69) is 10.3 Å². The van der Waals surface area contributed by atoms with Gasteiger partial charge in [-0.05, 0) is 12.8 Å². The van der Waals surface area contributed by atoms with Gasteiger partial charge < -0.3 is 21.5 Å². The van der Waals surface area contributed by atoms with Crippen molar-refractivity contribution in [1.29, 1.82) is 0 Å². The molecule has 0 aromatic heterocycles. The molecular weight excluding hydrogens is 220 g/mol. The molecule has 6 nitrogen and oxygen atoms in total. The lowest BCUT2D eigenvalue weighted by Gasteiger charge is -2.23. The quantitative estimate of drug-likeness (QED) is 0.339. The first kappa shape index (κ1) is 13.8. The van der Waals surface area contributed by atoms with Crippen molar-refractivity contribution < 1.29 is 9.53 Å². The molecule has 1 aliphatic rings. The number of hydrogen-bond acceptors (Lipinski definition) is 3. The summed E-state index contributed by atoms with van der Waals surface area (Å²) in [5.41, 5.74) is 10.7. The van der Waals surface area contributed by atoms with Gasteiger partial charge in [0.05, 0.1) is 13.2 Å². The van der Waals surface area contributed by atoms with Crippen LogP contribution in [0.15, 0.2) is 4.99 Å². The van der Waals surface area contributed by atoms with E-state index in [1.54, 1.807) is 0 Å². The first-order chi connectivity index (χ1) is 8.18. The largest absolute Gasteiger partial charge is 0.370 e. The molecule has 6 heteroatoms. The molecule has 0 aromatic carbocycles. The van der Waals surface area contributed by atoms with Gasteiger partial charge in [0.2, 0.25) is 5.91 Å². The minimum Gasteiger partial charge on any atom is -0.370 e. The number of nitrogens with zero attached hydrogens (tertiary/aromatic N) is 1. The number of ether oxygens (including phenoxy) is 1. The van der Waals surface area contributed by atoms with Crippen molar-refractivity contribution in [1.82, 2.24) is 5.32 Å². The first-order valence-corrected chi connectivity index (χ1v) is 6.11. The summed E-state index contributed by atoms with van der Waals surface area (Å²) in [4.78, 5) is 14.5. The molecule has 1 amide bonds. The van der Waals surface area contributed by atoms with Crippen LogP contribution < -0.4 is 16.8 Å². The van der Waals surface area contributed by atoms with Crippen LogP contribution >= 0.6 is 0 Å². The van der Waals surface area contributed by atoms with Gasteiger partial charge in [0.1, 0.15) is 6.61 Å². The molecular formula is C11H22N4O2. The molecule has 0 aromatic rings. The number of primary amides is 1. The molecule has 1 rings (SSSR count). The molecule has 0 unspecified atom stereocenters. The number of rotatable bonds is 6. The zero-order chi connectivity index (χ0) is 12.5. The summed E-state index contributed by atoms with van der Waals surface area (Å²) in [7, 11) is 0. The van der Waals surface area contributed by atoms with Crippen molar-refractivity contribution in [2.45, 2.75) is 38.1 Å². The second-order valence-corrected chi connectivity index (χ2v) is 4.27. The normalized spacial score (nSPS) is 18.0. The molecule has 5 N–H and O–H groups in total. The number of guanidine groups is 1. The predicted octanol–water partition coefficient (Wildman–Crippen LogP) is -0.275. The van der Waals surface area contributed by atoms with Crippen molar-refractivity contribution in [3.8, 4) is 0 Å². The average molecular weight is 242 g/mol. The van der Waals surface area contributed by atoms with Crippen LogP contribution in [0.3, 0.4) is 0 Å². The minimum absolute atomic E-state index is 0.0640. The third-order valence-corrected chi connectivity index (χ3v) is 2.72. The number of hydrogen-bond donors (Lipinski definition) is 3. The van der Waals surface area contributed by atoms with Gasteiger partial charge in [-0.1, -0.05) is 19.3 Å². The average Bonchev–Trinajstić information content (AvgIpc) is 2.29. The third-order valence-electron chi connectivity index (χ3n) is 2.72. The topological polar surface area (TPSA) is 103 Å². The Balaban J connectivity index is 2.09. The van der Waals surface area contributed by atoms with E-state index in [9.17, 15) is 4.79 Å². The maximum absolute atomic E-state index is 10.4. The van der Waals surface area contributed by atoms with E-state index >= 15 is 0 Å². The second-order valence-electron chi connectivity index (χ2n) is 4.27. The highest BCUT2D eigenvalue weighted by molar-refractivity contribution is 5.78. The van der Waals surface area contributed by atoms with Crippen LogP contribution in [-0.2, 0) is 9.53 Å². The van der Waals surface area contributed by atoms with Crippen LogP contribution in [0.2, 0.25) is 0 Å². The lowest BCUT2D eigenvalue weighted by molar-refractivity contribution is -0.122. The monoisotopic (exact) mass is 242 g/mol. The van der Waals surface area contributed by atoms with Crippen LogP contribution in [0.4, 0.5) is 0 Å². The molecule has 17 heavy (non-hydrogen) atoms. The summed E-state index contributed by atoms with van der Waals surface area (Å²) in [6, 6.07) is 0.457. The van der Waals surface area contributed by atoms with Crippen molar-refractivity contribution in [2.75, 3.05) is 19.8 Å². The molecule has 0 saturated heterocycles. The van der Waals surface area contributed by atoms with Crippen molar-refractivity contribution in [3.63, 3.8) is 0 Å². The van der Waals surface area contributed by atoms with E-state index in [1.165, 1.54) is 19.3 Å². The van der Waals surface area contributed by atoms with Gasteiger partial charge in [-0.15, -0.1) is 0 Å². The number of nitrogens with one attached hydrogen (secondary N) is 1. The van der Waals surface area contributed by atoms with E-state index in [0.29, 0.717) is 25.2 Å². The summed E-state index contributed by atoms with van der Waals surface area (Å²) >= 11 is 0.